The van der Waals surface area contributed by atoms with Crippen LogP contribution < -0.4 is 5.32 Å². The molecule has 7 heteroatoms. The molecule has 6 nitrogen and oxygen atoms in total. The van der Waals surface area contributed by atoms with E-state index in [0.29, 0.717) is 17.4 Å². The Bertz CT molecular complexity index is 1040. The molecule has 0 radical (unpaired) electrons. The van der Waals surface area contributed by atoms with Crippen LogP contribution in [0.4, 0.5) is 5.95 Å². The molecule has 1 aromatic carbocycles. The molecule has 1 aliphatic heterocycles. The minimum absolute atomic E-state index is 0.116. The third-order valence-corrected chi connectivity index (χ3v) is 5.46. The molecule has 2 aromatic heterocycles. The normalized spacial score (nSPS) is 21.4. The summed E-state index contributed by atoms with van der Waals surface area (Å²) < 4.78 is 1.76. The van der Waals surface area contributed by atoms with E-state index in [1.807, 2.05) is 36.4 Å². The highest BCUT2D eigenvalue weighted by molar-refractivity contribution is 6.30. The van der Waals surface area contributed by atoms with Gasteiger partial charge >= 0.3 is 0 Å². The van der Waals surface area contributed by atoms with Gasteiger partial charge in [-0.25, -0.2) is 4.68 Å². The van der Waals surface area contributed by atoms with Crippen molar-refractivity contribution >= 4 is 23.3 Å². The standard InChI is InChI=1S/C20H16ClN5O/c21-15-5-3-12(4-6-15)14-8-16-18(17(27)9-14)19(13-2-1-7-22-10-13)26-20(25-16)23-11-24-26/h1-7,10-11,14,19H,8-9H2,(H,23,24,25). The minimum Gasteiger partial charge on any atom is -0.328 e. The Hall–Kier alpha value is -2.99. The Morgan fingerprint density at radius 1 is 1.11 bits per heavy atom. The molecule has 3 aromatic rings. The van der Waals surface area contributed by atoms with Gasteiger partial charge < -0.3 is 5.32 Å². The van der Waals surface area contributed by atoms with Gasteiger partial charge in [-0.3, -0.25) is 9.78 Å². The smallest absolute Gasteiger partial charge is 0.226 e. The number of hydrogen-bond donors (Lipinski definition) is 1. The van der Waals surface area contributed by atoms with E-state index in [0.717, 1.165) is 28.8 Å². The van der Waals surface area contributed by atoms with Gasteiger partial charge in [0, 0.05) is 35.1 Å². The number of aromatic nitrogens is 4. The zero-order valence-corrected chi connectivity index (χ0v) is 15.1. The van der Waals surface area contributed by atoms with Gasteiger partial charge in [-0.1, -0.05) is 29.8 Å². The van der Waals surface area contributed by atoms with Crippen LogP contribution in [0.3, 0.4) is 0 Å². The van der Waals surface area contributed by atoms with Crippen LogP contribution in [0.15, 0.2) is 66.4 Å². The SMILES string of the molecule is O=C1CC(c2ccc(Cl)cc2)CC2=C1C(c1cccnc1)n1ncnc1N2. The number of benzene rings is 1. The van der Waals surface area contributed by atoms with Crippen molar-refractivity contribution in [3.05, 3.63) is 82.5 Å². The molecule has 3 heterocycles. The lowest BCUT2D eigenvalue weighted by molar-refractivity contribution is -0.116. The summed E-state index contributed by atoms with van der Waals surface area (Å²) in [6, 6.07) is 11.3. The first-order valence-electron chi connectivity index (χ1n) is 8.79. The highest BCUT2D eigenvalue weighted by atomic mass is 35.5. The Morgan fingerprint density at radius 3 is 2.74 bits per heavy atom. The van der Waals surface area contributed by atoms with Crippen LogP contribution >= 0.6 is 11.6 Å². The molecule has 1 aliphatic carbocycles. The number of carbonyl (C=O) groups excluding carboxylic acids is 1. The zero-order chi connectivity index (χ0) is 18.4. The fraction of sp³-hybridized carbons (Fsp3) is 0.200. The number of Topliss-reactive ketones (excluding diaryl/α,β-unsaturated/α-hetero) is 1. The molecule has 2 atom stereocenters. The zero-order valence-electron chi connectivity index (χ0n) is 14.3. The molecule has 0 fully saturated rings. The van der Waals surface area contributed by atoms with Gasteiger partial charge in [0.15, 0.2) is 5.78 Å². The summed E-state index contributed by atoms with van der Waals surface area (Å²) in [6.07, 6.45) is 6.21. The molecule has 0 saturated heterocycles. The van der Waals surface area contributed by atoms with E-state index in [1.54, 1.807) is 17.1 Å². The van der Waals surface area contributed by atoms with Gasteiger partial charge in [-0.15, -0.1) is 0 Å². The Morgan fingerprint density at radius 2 is 1.96 bits per heavy atom. The Kier molecular flexibility index (Phi) is 3.79. The van der Waals surface area contributed by atoms with Gasteiger partial charge in [0.25, 0.3) is 0 Å². The summed E-state index contributed by atoms with van der Waals surface area (Å²) in [7, 11) is 0. The quantitative estimate of drug-likeness (QED) is 0.736. The van der Waals surface area contributed by atoms with Crippen LogP contribution in [0, 0.1) is 0 Å². The van der Waals surface area contributed by atoms with Crippen molar-refractivity contribution in [1.82, 2.24) is 19.7 Å². The second kappa shape index (κ2) is 6.32. The number of halogens is 1. The maximum atomic E-state index is 13.2. The van der Waals surface area contributed by atoms with Crippen LogP contribution in [0.5, 0.6) is 0 Å². The first-order chi connectivity index (χ1) is 13.2. The van der Waals surface area contributed by atoms with Crippen molar-refractivity contribution in [3.8, 4) is 0 Å². The number of hydrogen-bond acceptors (Lipinski definition) is 5. The number of nitrogens with zero attached hydrogens (tertiary/aromatic N) is 4. The van der Waals surface area contributed by atoms with Crippen molar-refractivity contribution < 1.29 is 4.79 Å². The lowest BCUT2D eigenvalue weighted by Crippen LogP contribution is -2.33. The third kappa shape index (κ3) is 2.73. The van der Waals surface area contributed by atoms with Gasteiger partial charge in [-0.2, -0.15) is 10.1 Å². The first-order valence-corrected chi connectivity index (χ1v) is 9.16. The van der Waals surface area contributed by atoms with Gasteiger partial charge in [-0.05, 0) is 41.7 Å². The maximum Gasteiger partial charge on any atom is 0.226 e. The van der Waals surface area contributed by atoms with Gasteiger partial charge in [0.05, 0.1) is 0 Å². The fourth-order valence-electron chi connectivity index (χ4n) is 3.97. The second-order valence-corrected chi connectivity index (χ2v) is 7.25. The minimum atomic E-state index is -0.300. The Balaban J connectivity index is 1.58. The largest absolute Gasteiger partial charge is 0.328 e. The molecule has 0 spiro atoms. The number of ketones is 1. The van der Waals surface area contributed by atoms with Crippen molar-refractivity contribution in [2.24, 2.45) is 0 Å². The average molecular weight is 378 g/mol. The number of fused-ring (bicyclic) bond motifs is 1. The highest BCUT2D eigenvalue weighted by Gasteiger charge is 2.39. The third-order valence-electron chi connectivity index (χ3n) is 5.20. The van der Waals surface area contributed by atoms with E-state index in [1.165, 1.54) is 6.33 Å². The summed E-state index contributed by atoms with van der Waals surface area (Å²) >= 11 is 6.01. The summed E-state index contributed by atoms with van der Waals surface area (Å²) in [4.78, 5) is 21.7. The number of allylic oxidation sites excluding steroid dienone is 2. The predicted octanol–water partition coefficient (Wildman–Crippen LogP) is 3.74. The molecule has 1 N–H and O–H groups in total. The highest BCUT2D eigenvalue weighted by Crippen LogP contribution is 2.43. The van der Waals surface area contributed by atoms with E-state index in [9.17, 15) is 4.79 Å². The van der Waals surface area contributed by atoms with Crippen molar-refractivity contribution in [1.29, 1.82) is 0 Å². The molecular formula is C20H16ClN5O. The number of carbonyl (C=O) groups is 1. The molecule has 2 unspecified atom stereocenters. The number of nitrogens with one attached hydrogen (secondary N) is 1. The fourth-order valence-corrected chi connectivity index (χ4v) is 4.09. The molecule has 27 heavy (non-hydrogen) atoms. The van der Waals surface area contributed by atoms with E-state index >= 15 is 0 Å². The number of pyridine rings is 1. The van der Waals surface area contributed by atoms with E-state index in [2.05, 4.69) is 20.4 Å². The number of rotatable bonds is 2. The summed E-state index contributed by atoms with van der Waals surface area (Å²) in [5.74, 6) is 0.885. The van der Waals surface area contributed by atoms with Crippen LogP contribution in [-0.4, -0.2) is 25.5 Å². The van der Waals surface area contributed by atoms with Gasteiger partial charge in [0.2, 0.25) is 5.95 Å². The van der Waals surface area contributed by atoms with Gasteiger partial charge in [0.1, 0.15) is 12.4 Å². The lowest BCUT2D eigenvalue weighted by atomic mass is 9.78. The molecule has 134 valence electrons. The molecular weight excluding hydrogens is 362 g/mol. The molecule has 5 rings (SSSR count). The van der Waals surface area contributed by atoms with Crippen molar-refractivity contribution in [2.75, 3.05) is 5.32 Å². The van der Waals surface area contributed by atoms with Crippen molar-refractivity contribution in [2.45, 2.75) is 24.8 Å². The van der Waals surface area contributed by atoms with Crippen LogP contribution in [0.25, 0.3) is 0 Å². The predicted molar refractivity (Wildman–Crippen MR) is 101 cm³/mol. The topological polar surface area (TPSA) is 72.7 Å². The average Bonchev–Trinajstić information content (AvgIpc) is 3.15. The monoisotopic (exact) mass is 377 g/mol. The van der Waals surface area contributed by atoms with E-state index < -0.39 is 0 Å². The second-order valence-electron chi connectivity index (χ2n) is 6.81. The van der Waals surface area contributed by atoms with Crippen molar-refractivity contribution in [3.63, 3.8) is 0 Å². The van der Waals surface area contributed by atoms with E-state index in [-0.39, 0.29) is 17.7 Å². The summed E-state index contributed by atoms with van der Waals surface area (Å²) in [6.45, 7) is 0. The molecule has 0 amide bonds. The van der Waals surface area contributed by atoms with Crippen LogP contribution in [0.1, 0.15) is 35.9 Å². The van der Waals surface area contributed by atoms with E-state index in [4.69, 9.17) is 11.6 Å². The Labute approximate surface area is 160 Å². The molecule has 2 aliphatic rings. The molecule has 0 saturated carbocycles. The van der Waals surface area contributed by atoms with Crippen LogP contribution in [0.2, 0.25) is 5.02 Å². The van der Waals surface area contributed by atoms with Crippen LogP contribution in [-0.2, 0) is 4.79 Å². The molecule has 0 bridgehead atoms. The summed E-state index contributed by atoms with van der Waals surface area (Å²) in [5, 5.41) is 8.36. The lowest BCUT2D eigenvalue weighted by Gasteiger charge is -2.35. The summed E-state index contributed by atoms with van der Waals surface area (Å²) in [5.41, 5.74) is 3.72. The maximum absolute atomic E-state index is 13.2. The first kappa shape index (κ1) is 16.2. The number of anilines is 1.